The van der Waals surface area contributed by atoms with Gasteiger partial charge in [-0.1, -0.05) is 25.6 Å². The predicted molar refractivity (Wildman–Crippen MR) is 95.3 cm³/mol. The zero-order valence-corrected chi connectivity index (χ0v) is 15.9. The third kappa shape index (κ3) is 3.18. The Labute approximate surface area is 158 Å². The fourth-order valence-corrected chi connectivity index (χ4v) is 4.69. The van der Waals surface area contributed by atoms with E-state index in [1.807, 2.05) is 13.8 Å². The Hall–Kier alpha value is -2.16. The Bertz CT molecular complexity index is 832. The van der Waals surface area contributed by atoms with Crippen LogP contribution in [0, 0.1) is 0 Å². The molecule has 146 valence electrons. The highest BCUT2D eigenvalue weighted by molar-refractivity contribution is 8.04. The first-order valence-electron chi connectivity index (χ1n) is 8.62. The van der Waals surface area contributed by atoms with Crippen molar-refractivity contribution >= 4 is 29.1 Å². The van der Waals surface area contributed by atoms with Gasteiger partial charge in [-0.25, -0.2) is 0 Å². The minimum Gasteiger partial charge on any atom is -0.406 e. The summed E-state index contributed by atoms with van der Waals surface area (Å²) in [5.74, 6) is -0.836. The molecule has 3 rings (SSSR count). The molecule has 1 aromatic carbocycles. The number of alkyl halides is 3. The standard InChI is InChI=1S/C18H19F3N2O3S/c1-4-17(5-2)15(24)13-14(16(25)23(17)6-3)27-12-9-10(26-18(19,20)21)7-8-11(12)22-13/h7-9,22H,4-6H2,1-3H3. The molecule has 0 unspecified atom stereocenters. The lowest BCUT2D eigenvalue weighted by atomic mass is 9.81. The minimum absolute atomic E-state index is 0.169. The summed E-state index contributed by atoms with van der Waals surface area (Å²) in [4.78, 5) is 28.4. The number of amides is 1. The Balaban J connectivity index is 2.02. The monoisotopic (exact) mass is 400 g/mol. The van der Waals surface area contributed by atoms with Gasteiger partial charge in [0.05, 0.1) is 5.69 Å². The second kappa shape index (κ2) is 6.78. The molecule has 2 aliphatic heterocycles. The lowest BCUT2D eigenvalue weighted by Gasteiger charge is -2.46. The third-order valence-electron chi connectivity index (χ3n) is 4.98. The molecule has 5 nitrogen and oxygen atoms in total. The maximum atomic E-state index is 13.2. The lowest BCUT2D eigenvalue weighted by Crippen LogP contribution is -2.61. The number of thioether (sulfide) groups is 1. The number of benzene rings is 1. The van der Waals surface area contributed by atoms with Crippen LogP contribution in [0.1, 0.15) is 33.6 Å². The van der Waals surface area contributed by atoms with Gasteiger partial charge in [-0.3, -0.25) is 9.59 Å². The van der Waals surface area contributed by atoms with E-state index in [-0.39, 0.29) is 28.0 Å². The predicted octanol–water partition coefficient (Wildman–Crippen LogP) is 4.30. The van der Waals surface area contributed by atoms with Gasteiger partial charge < -0.3 is 15.0 Å². The Morgan fingerprint density at radius 2 is 1.85 bits per heavy atom. The van der Waals surface area contributed by atoms with Crippen LogP contribution in [0.2, 0.25) is 0 Å². The van der Waals surface area contributed by atoms with Crippen molar-refractivity contribution in [2.24, 2.45) is 0 Å². The highest BCUT2D eigenvalue weighted by Gasteiger charge is 2.51. The number of likely N-dealkylation sites (N-methyl/N-ethyl adjacent to an activating group) is 1. The van der Waals surface area contributed by atoms with Crippen LogP contribution in [0.25, 0.3) is 0 Å². The van der Waals surface area contributed by atoms with E-state index < -0.39 is 11.9 Å². The molecule has 0 spiro atoms. The van der Waals surface area contributed by atoms with Crippen LogP contribution in [0.3, 0.4) is 0 Å². The Morgan fingerprint density at radius 3 is 2.41 bits per heavy atom. The number of Topliss-reactive ketones (excluding diaryl/α,β-unsaturated/α-hetero) is 1. The van der Waals surface area contributed by atoms with E-state index in [1.54, 1.807) is 11.8 Å². The number of ketones is 1. The van der Waals surface area contributed by atoms with E-state index in [2.05, 4.69) is 10.1 Å². The summed E-state index contributed by atoms with van der Waals surface area (Å²) in [7, 11) is 0. The van der Waals surface area contributed by atoms with Crippen molar-refractivity contribution in [1.82, 2.24) is 4.90 Å². The number of carbonyl (C=O) groups is 2. The number of hydrogen-bond acceptors (Lipinski definition) is 5. The van der Waals surface area contributed by atoms with Gasteiger partial charge in [0.2, 0.25) is 5.78 Å². The summed E-state index contributed by atoms with van der Waals surface area (Å²) in [6, 6.07) is 3.79. The zero-order chi connectivity index (χ0) is 20.0. The topological polar surface area (TPSA) is 58.6 Å². The number of ether oxygens (including phenoxy) is 1. The van der Waals surface area contributed by atoms with Crippen molar-refractivity contribution in [3.05, 3.63) is 28.8 Å². The molecule has 2 aliphatic rings. The van der Waals surface area contributed by atoms with Crippen molar-refractivity contribution in [3.8, 4) is 5.75 Å². The fraction of sp³-hybridized carbons (Fsp3) is 0.444. The van der Waals surface area contributed by atoms with Crippen molar-refractivity contribution in [3.63, 3.8) is 0 Å². The van der Waals surface area contributed by atoms with Crippen LogP contribution in [0.5, 0.6) is 5.75 Å². The van der Waals surface area contributed by atoms with E-state index >= 15 is 0 Å². The largest absolute Gasteiger partial charge is 0.573 e. The van der Waals surface area contributed by atoms with Crippen molar-refractivity contribution < 1.29 is 27.5 Å². The molecule has 2 heterocycles. The first kappa shape index (κ1) is 19.6. The number of carbonyl (C=O) groups excluding carboxylic acids is 2. The molecular weight excluding hydrogens is 381 g/mol. The quantitative estimate of drug-likeness (QED) is 0.817. The minimum atomic E-state index is -4.80. The van der Waals surface area contributed by atoms with E-state index in [1.165, 1.54) is 18.2 Å². The maximum absolute atomic E-state index is 13.2. The lowest BCUT2D eigenvalue weighted by molar-refractivity contribution is -0.274. The molecule has 0 atom stereocenters. The van der Waals surface area contributed by atoms with Gasteiger partial charge in [-0.15, -0.1) is 13.2 Å². The number of fused-ring (bicyclic) bond motifs is 1. The average Bonchev–Trinajstić information content (AvgIpc) is 2.62. The van der Waals surface area contributed by atoms with Gasteiger partial charge in [0.25, 0.3) is 5.91 Å². The Kier molecular flexibility index (Phi) is 4.92. The fourth-order valence-electron chi connectivity index (χ4n) is 3.62. The van der Waals surface area contributed by atoms with E-state index in [9.17, 15) is 22.8 Å². The molecule has 1 aromatic rings. The normalized spacial score (nSPS) is 18.8. The number of halogens is 3. The van der Waals surface area contributed by atoms with Crippen molar-refractivity contribution in [2.45, 2.75) is 50.4 Å². The summed E-state index contributed by atoms with van der Waals surface area (Å²) in [6.45, 7) is 5.91. The SMILES string of the molecule is CCN1C(=O)C2=C(Nc3ccc(OC(F)(F)F)cc3S2)C(=O)C1(CC)CC. The van der Waals surface area contributed by atoms with Crippen LogP contribution in [-0.4, -0.2) is 35.0 Å². The summed E-state index contributed by atoms with van der Waals surface area (Å²) in [5, 5.41) is 2.96. The molecule has 0 saturated heterocycles. The molecule has 0 fully saturated rings. The molecular formula is C18H19F3N2O3S. The number of nitrogens with one attached hydrogen (secondary N) is 1. The van der Waals surface area contributed by atoms with Crippen molar-refractivity contribution in [2.75, 3.05) is 11.9 Å². The molecule has 0 radical (unpaired) electrons. The van der Waals surface area contributed by atoms with E-state index in [4.69, 9.17) is 0 Å². The number of rotatable bonds is 4. The molecule has 9 heteroatoms. The van der Waals surface area contributed by atoms with E-state index in [0.717, 1.165) is 11.8 Å². The second-order valence-corrected chi connectivity index (χ2v) is 7.31. The van der Waals surface area contributed by atoms with Crippen LogP contribution in [-0.2, 0) is 9.59 Å². The molecule has 0 saturated carbocycles. The van der Waals surface area contributed by atoms with Gasteiger partial charge in [0.15, 0.2) is 0 Å². The maximum Gasteiger partial charge on any atom is 0.573 e. The number of anilines is 1. The van der Waals surface area contributed by atoms with Gasteiger partial charge in [0, 0.05) is 11.4 Å². The molecule has 0 aliphatic carbocycles. The highest BCUT2D eigenvalue weighted by atomic mass is 32.2. The molecule has 27 heavy (non-hydrogen) atoms. The number of nitrogens with zero attached hydrogens (tertiary/aromatic N) is 1. The summed E-state index contributed by atoms with van der Waals surface area (Å²) < 4.78 is 41.3. The van der Waals surface area contributed by atoms with Crippen molar-refractivity contribution in [1.29, 1.82) is 0 Å². The van der Waals surface area contributed by atoms with Gasteiger partial charge in [-0.2, -0.15) is 0 Å². The van der Waals surface area contributed by atoms with Crippen LogP contribution in [0.15, 0.2) is 33.7 Å². The number of hydrogen-bond donors (Lipinski definition) is 1. The molecule has 1 N–H and O–H groups in total. The average molecular weight is 400 g/mol. The summed E-state index contributed by atoms with van der Waals surface area (Å²) >= 11 is 0.992. The van der Waals surface area contributed by atoms with Crippen LogP contribution >= 0.6 is 11.8 Å². The smallest absolute Gasteiger partial charge is 0.406 e. The van der Waals surface area contributed by atoms with E-state index in [0.29, 0.717) is 30.0 Å². The first-order chi connectivity index (χ1) is 12.7. The Morgan fingerprint density at radius 1 is 1.19 bits per heavy atom. The van der Waals surface area contributed by atoms with Gasteiger partial charge in [-0.05, 0) is 38.0 Å². The van der Waals surface area contributed by atoms with Gasteiger partial charge >= 0.3 is 6.36 Å². The summed E-state index contributed by atoms with van der Waals surface area (Å²) in [5.41, 5.74) is -0.217. The molecule has 1 amide bonds. The summed E-state index contributed by atoms with van der Waals surface area (Å²) in [6.07, 6.45) is -3.84. The van der Waals surface area contributed by atoms with Crippen LogP contribution < -0.4 is 10.1 Å². The van der Waals surface area contributed by atoms with Gasteiger partial charge in [0.1, 0.15) is 21.9 Å². The molecule has 0 bridgehead atoms. The first-order valence-corrected chi connectivity index (χ1v) is 9.44. The molecule has 0 aromatic heterocycles. The second-order valence-electron chi connectivity index (χ2n) is 6.25. The zero-order valence-electron chi connectivity index (χ0n) is 15.1. The third-order valence-corrected chi connectivity index (χ3v) is 6.12. The highest BCUT2D eigenvalue weighted by Crippen LogP contribution is 2.47. The van der Waals surface area contributed by atoms with Crippen LogP contribution in [0.4, 0.5) is 18.9 Å².